The number of aromatic carboxylic acids is 1. The van der Waals surface area contributed by atoms with Gasteiger partial charge in [-0.3, -0.25) is 0 Å². The molecule has 0 aliphatic carbocycles. The first kappa shape index (κ1) is 15.7. The van der Waals surface area contributed by atoms with Crippen LogP contribution in [-0.4, -0.2) is 19.5 Å². The molecule has 110 valence electrons. The Morgan fingerprint density at radius 1 is 1.14 bits per heavy atom. The smallest absolute Gasteiger partial charge is 0.335 e. The summed E-state index contributed by atoms with van der Waals surface area (Å²) in [6.07, 6.45) is 0. The largest absolute Gasteiger partial charge is 0.478 e. The zero-order valence-electron chi connectivity index (χ0n) is 11.2. The standard InChI is InChI=1S/C15H13BrO4S/c1-10-2-6-13(7-3-10)21(19,20)9-12-5-4-11(15(17)18)8-14(12)16/h2-8H,9H2,1H3,(H,17,18). The van der Waals surface area contributed by atoms with Gasteiger partial charge in [0.25, 0.3) is 0 Å². The van der Waals surface area contributed by atoms with Crippen molar-refractivity contribution in [2.75, 3.05) is 0 Å². The van der Waals surface area contributed by atoms with Gasteiger partial charge in [0.1, 0.15) is 0 Å². The molecule has 1 N–H and O–H groups in total. The van der Waals surface area contributed by atoms with Gasteiger partial charge in [0.15, 0.2) is 9.84 Å². The Bertz CT molecular complexity index is 780. The molecule has 0 saturated carbocycles. The van der Waals surface area contributed by atoms with Gasteiger partial charge < -0.3 is 5.11 Å². The van der Waals surface area contributed by atoms with E-state index in [1.54, 1.807) is 24.3 Å². The fourth-order valence-electron chi connectivity index (χ4n) is 1.83. The van der Waals surface area contributed by atoms with Crippen molar-refractivity contribution in [3.05, 3.63) is 63.6 Å². The summed E-state index contributed by atoms with van der Waals surface area (Å²) in [4.78, 5) is 11.1. The molecule has 0 aliphatic heterocycles. The van der Waals surface area contributed by atoms with Crippen LogP contribution in [0.3, 0.4) is 0 Å². The second kappa shape index (κ2) is 5.99. The molecule has 0 aromatic heterocycles. The van der Waals surface area contributed by atoms with Crippen molar-refractivity contribution in [2.45, 2.75) is 17.6 Å². The molecule has 0 radical (unpaired) electrons. The Hall–Kier alpha value is -1.66. The maximum Gasteiger partial charge on any atom is 0.335 e. The molecule has 4 nitrogen and oxygen atoms in total. The monoisotopic (exact) mass is 368 g/mol. The molecule has 2 aromatic carbocycles. The van der Waals surface area contributed by atoms with E-state index in [-0.39, 0.29) is 16.2 Å². The van der Waals surface area contributed by atoms with Crippen LogP contribution < -0.4 is 0 Å². The van der Waals surface area contributed by atoms with Crippen molar-refractivity contribution < 1.29 is 18.3 Å². The minimum atomic E-state index is -3.46. The molecule has 0 unspecified atom stereocenters. The maximum atomic E-state index is 12.3. The Kier molecular flexibility index (Phi) is 4.49. The van der Waals surface area contributed by atoms with Gasteiger partial charge in [-0.25, -0.2) is 13.2 Å². The van der Waals surface area contributed by atoms with Gasteiger partial charge in [0, 0.05) is 4.47 Å². The fraction of sp³-hybridized carbons (Fsp3) is 0.133. The Balaban J connectivity index is 2.32. The summed E-state index contributed by atoms with van der Waals surface area (Å²) in [5, 5.41) is 8.90. The third kappa shape index (κ3) is 3.71. The summed E-state index contributed by atoms with van der Waals surface area (Å²) < 4.78 is 25.2. The lowest BCUT2D eigenvalue weighted by Crippen LogP contribution is -2.06. The highest BCUT2D eigenvalue weighted by Crippen LogP contribution is 2.24. The minimum Gasteiger partial charge on any atom is -0.478 e. The Morgan fingerprint density at radius 3 is 2.29 bits per heavy atom. The van der Waals surface area contributed by atoms with Crippen LogP contribution in [0.4, 0.5) is 0 Å². The second-order valence-corrected chi connectivity index (χ2v) is 7.53. The molecule has 0 spiro atoms. The van der Waals surface area contributed by atoms with E-state index in [4.69, 9.17) is 5.11 Å². The number of sulfone groups is 1. The number of hydrogen-bond donors (Lipinski definition) is 1. The summed E-state index contributed by atoms with van der Waals surface area (Å²) in [6.45, 7) is 1.89. The molecule has 0 amide bonds. The average molecular weight is 369 g/mol. The van der Waals surface area contributed by atoms with Crippen molar-refractivity contribution in [3.8, 4) is 0 Å². The van der Waals surface area contributed by atoms with Gasteiger partial charge in [0.2, 0.25) is 0 Å². The Morgan fingerprint density at radius 2 is 1.76 bits per heavy atom. The van der Waals surface area contributed by atoms with Crippen molar-refractivity contribution >= 4 is 31.7 Å². The number of carbonyl (C=O) groups is 1. The quantitative estimate of drug-likeness (QED) is 0.896. The predicted molar refractivity (Wildman–Crippen MR) is 83.2 cm³/mol. The predicted octanol–water partition coefficient (Wildman–Crippen LogP) is 3.43. The van der Waals surface area contributed by atoms with Crippen LogP contribution in [0.25, 0.3) is 0 Å². The first-order valence-electron chi connectivity index (χ1n) is 6.11. The van der Waals surface area contributed by atoms with Crippen molar-refractivity contribution in [1.82, 2.24) is 0 Å². The van der Waals surface area contributed by atoms with Crippen LogP contribution in [0.2, 0.25) is 0 Å². The zero-order valence-corrected chi connectivity index (χ0v) is 13.6. The van der Waals surface area contributed by atoms with Gasteiger partial charge in [-0.05, 0) is 36.8 Å². The van der Waals surface area contributed by atoms with E-state index in [0.29, 0.717) is 10.0 Å². The van der Waals surface area contributed by atoms with E-state index in [0.717, 1.165) is 5.56 Å². The molecule has 0 saturated heterocycles. The molecule has 0 bridgehead atoms. The van der Waals surface area contributed by atoms with Gasteiger partial charge in [-0.1, -0.05) is 39.7 Å². The highest BCUT2D eigenvalue weighted by atomic mass is 79.9. The number of aryl methyl sites for hydroxylation is 1. The lowest BCUT2D eigenvalue weighted by Gasteiger charge is -2.08. The SMILES string of the molecule is Cc1ccc(S(=O)(=O)Cc2ccc(C(=O)O)cc2Br)cc1. The first-order valence-corrected chi connectivity index (χ1v) is 8.55. The summed E-state index contributed by atoms with van der Waals surface area (Å²) >= 11 is 3.22. The highest BCUT2D eigenvalue weighted by molar-refractivity contribution is 9.10. The van der Waals surface area contributed by atoms with Crippen LogP contribution in [0, 0.1) is 6.92 Å². The van der Waals surface area contributed by atoms with Gasteiger partial charge in [0.05, 0.1) is 16.2 Å². The zero-order chi connectivity index (χ0) is 15.6. The summed E-state index contributed by atoms with van der Waals surface area (Å²) in [5.74, 6) is -1.24. The highest BCUT2D eigenvalue weighted by Gasteiger charge is 2.17. The molecule has 2 rings (SSSR count). The van der Waals surface area contributed by atoms with Crippen LogP contribution in [0.5, 0.6) is 0 Å². The fourth-order valence-corrected chi connectivity index (χ4v) is 3.91. The molecular formula is C15H13BrO4S. The molecule has 21 heavy (non-hydrogen) atoms. The van der Waals surface area contributed by atoms with E-state index in [1.807, 2.05) is 6.92 Å². The molecule has 0 atom stereocenters. The average Bonchev–Trinajstić information content (AvgIpc) is 2.41. The number of benzene rings is 2. The van der Waals surface area contributed by atoms with E-state index in [1.165, 1.54) is 18.2 Å². The van der Waals surface area contributed by atoms with E-state index in [9.17, 15) is 13.2 Å². The number of hydrogen-bond acceptors (Lipinski definition) is 3. The number of carboxylic acids is 1. The summed E-state index contributed by atoms with van der Waals surface area (Å²) in [6, 6.07) is 11.0. The van der Waals surface area contributed by atoms with Gasteiger partial charge in [-0.2, -0.15) is 0 Å². The van der Waals surface area contributed by atoms with Gasteiger partial charge >= 0.3 is 5.97 Å². The minimum absolute atomic E-state index is 0.110. The summed E-state index contributed by atoms with van der Waals surface area (Å²) in [7, 11) is -3.46. The molecule has 0 fully saturated rings. The summed E-state index contributed by atoms with van der Waals surface area (Å²) in [5.41, 5.74) is 1.62. The molecule has 0 aliphatic rings. The van der Waals surface area contributed by atoms with E-state index in [2.05, 4.69) is 15.9 Å². The maximum absolute atomic E-state index is 12.3. The number of carboxylic acid groups (broad SMARTS) is 1. The van der Waals surface area contributed by atoms with Crippen LogP contribution in [0.1, 0.15) is 21.5 Å². The van der Waals surface area contributed by atoms with E-state index >= 15 is 0 Å². The van der Waals surface area contributed by atoms with Crippen LogP contribution >= 0.6 is 15.9 Å². The molecule has 6 heteroatoms. The Labute approximate surface area is 131 Å². The lowest BCUT2D eigenvalue weighted by atomic mass is 10.1. The van der Waals surface area contributed by atoms with Crippen LogP contribution in [-0.2, 0) is 15.6 Å². The van der Waals surface area contributed by atoms with Crippen molar-refractivity contribution in [3.63, 3.8) is 0 Å². The lowest BCUT2D eigenvalue weighted by molar-refractivity contribution is 0.0697. The number of halogens is 1. The molecular weight excluding hydrogens is 356 g/mol. The third-order valence-electron chi connectivity index (χ3n) is 3.03. The second-order valence-electron chi connectivity index (χ2n) is 4.68. The van der Waals surface area contributed by atoms with Crippen molar-refractivity contribution in [1.29, 1.82) is 0 Å². The van der Waals surface area contributed by atoms with E-state index < -0.39 is 15.8 Å². The van der Waals surface area contributed by atoms with Crippen LogP contribution in [0.15, 0.2) is 51.8 Å². The third-order valence-corrected chi connectivity index (χ3v) is 5.45. The topological polar surface area (TPSA) is 71.4 Å². The normalized spacial score (nSPS) is 11.3. The van der Waals surface area contributed by atoms with Gasteiger partial charge in [-0.15, -0.1) is 0 Å². The molecule has 2 aromatic rings. The van der Waals surface area contributed by atoms with Crippen molar-refractivity contribution in [2.24, 2.45) is 0 Å². The number of rotatable bonds is 4. The first-order chi connectivity index (χ1) is 9.79. The molecule has 0 heterocycles.